The van der Waals surface area contributed by atoms with Gasteiger partial charge in [0.05, 0.1) is 18.8 Å². The van der Waals surface area contributed by atoms with Crippen LogP contribution in [0.5, 0.6) is 0 Å². The summed E-state index contributed by atoms with van der Waals surface area (Å²) in [5.41, 5.74) is 1.58. The zero-order valence-electron chi connectivity index (χ0n) is 10.9. The molecule has 104 valence electrons. The standard InChI is InChI=1S/C14H18BrNO3/c1-19-14(18)10-4-5-11(12(15)6-10)7-16-8-13(17)9-2-3-9/h4-6,9,13,16-17H,2-3,7-8H2,1H3. The van der Waals surface area contributed by atoms with E-state index in [9.17, 15) is 9.90 Å². The van der Waals surface area contributed by atoms with Crippen molar-refractivity contribution in [2.75, 3.05) is 13.7 Å². The van der Waals surface area contributed by atoms with E-state index in [2.05, 4.69) is 26.0 Å². The molecule has 2 N–H and O–H groups in total. The molecule has 1 fully saturated rings. The molecule has 0 saturated heterocycles. The van der Waals surface area contributed by atoms with Gasteiger partial charge in [-0.25, -0.2) is 4.79 Å². The summed E-state index contributed by atoms with van der Waals surface area (Å²) >= 11 is 3.44. The number of methoxy groups -OCH3 is 1. The van der Waals surface area contributed by atoms with Crippen LogP contribution in [0.3, 0.4) is 0 Å². The van der Waals surface area contributed by atoms with Gasteiger partial charge in [0, 0.05) is 17.6 Å². The molecule has 0 amide bonds. The molecular weight excluding hydrogens is 310 g/mol. The van der Waals surface area contributed by atoms with Crippen LogP contribution >= 0.6 is 15.9 Å². The number of aliphatic hydroxyl groups excluding tert-OH is 1. The summed E-state index contributed by atoms with van der Waals surface area (Å²) in [6.07, 6.45) is 2.04. The smallest absolute Gasteiger partial charge is 0.337 e. The summed E-state index contributed by atoms with van der Waals surface area (Å²) in [6.45, 7) is 1.27. The maximum atomic E-state index is 11.4. The summed E-state index contributed by atoms with van der Waals surface area (Å²) < 4.78 is 5.53. The first-order valence-electron chi connectivity index (χ1n) is 6.37. The fourth-order valence-corrected chi connectivity index (χ4v) is 2.46. The van der Waals surface area contributed by atoms with Gasteiger partial charge in [-0.3, -0.25) is 0 Å². The number of nitrogens with one attached hydrogen (secondary N) is 1. The zero-order chi connectivity index (χ0) is 13.8. The summed E-state index contributed by atoms with van der Waals surface area (Å²) in [7, 11) is 1.37. The molecule has 0 spiro atoms. The van der Waals surface area contributed by atoms with Gasteiger partial charge in [0.15, 0.2) is 0 Å². The highest BCUT2D eigenvalue weighted by Gasteiger charge is 2.29. The number of benzene rings is 1. The highest BCUT2D eigenvalue weighted by molar-refractivity contribution is 9.10. The van der Waals surface area contributed by atoms with Gasteiger partial charge >= 0.3 is 5.97 Å². The van der Waals surface area contributed by atoms with Crippen LogP contribution < -0.4 is 5.32 Å². The van der Waals surface area contributed by atoms with Crippen molar-refractivity contribution in [3.05, 3.63) is 33.8 Å². The minimum absolute atomic E-state index is 0.242. The van der Waals surface area contributed by atoms with E-state index in [4.69, 9.17) is 0 Å². The number of esters is 1. The Bertz CT molecular complexity index is 460. The van der Waals surface area contributed by atoms with Crippen molar-refractivity contribution in [2.45, 2.75) is 25.5 Å². The number of halogens is 1. The highest BCUT2D eigenvalue weighted by Crippen LogP contribution is 2.32. The normalized spacial score (nSPS) is 16.2. The Kier molecular flexibility index (Phi) is 4.96. The van der Waals surface area contributed by atoms with Gasteiger partial charge in [0.2, 0.25) is 0 Å². The lowest BCUT2D eigenvalue weighted by molar-refractivity contribution is 0.0600. The predicted octanol–water partition coefficient (Wildman–Crippen LogP) is 2.10. The van der Waals surface area contributed by atoms with E-state index >= 15 is 0 Å². The minimum atomic E-state index is -0.343. The molecular formula is C14H18BrNO3. The Hall–Kier alpha value is -0.910. The van der Waals surface area contributed by atoms with Crippen LogP contribution in [0.1, 0.15) is 28.8 Å². The van der Waals surface area contributed by atoms with Crippen molar-refractivity contribution in [3.63, 3.8) is 0 Å². The average Bonchev–Trinajstić information content (AvgIpc) is 3.23. The van der Waals surface area contributed by atoms with Gasteiger partial charge in [-0.1, -0.05) is 22.0 Å². The average molecular weight is 328 g/mol. The van der Waals surface area contributed by atoms with Crippen molar-refractivity contribution >= 4 is 21.9 Å². The molecule has 19 heavy (non-hydrogen) atoms. The topological polar surface area (TPSA) is 58.6 Å². The Morgan fingerprint density at radius 3 is 2.89 bits per heavy atom. The molecule has 2 rings (SSSR count). The van der Waals surface area contributed by atoms with E-state index in [1.807, 2.05) is 6.07 Å². The van der Waals surface area contributed by atoms with Gasteiger partial charge in [-0.15, -0.1) is 0 Å². The van der Waals surface area contributed by atoms with E-state index in [1.54, 1.807) is 12.1 Å². The number of rotatable bonds is 6. The van der Waals surface area contributed by atoms with Gasteiger partial charge in [0.1, 0.15) is 0 Å². The molecule has 1 unspecified atom stereocenters. The molecule has 1 aliphatic carbocycles. The summed E-state index contributed by atoms with van der Waals surface area (Å²) in [5.74, 6) is 0.141. The Labute approximate surface area is 121 Å². The lowest BCUT2D eigenvalue weighted by atomic mass is 10.1. The number of carbonyl (C=O) groups excluding carboxylic acids is 1. The summed E-state index contributed by atoms with van der Waals surface area (Å²) in [4.78, 5) is 11.4. The predicted molar refractivity (Wildman–Crippen MR) is 75.9 cm³/mol. The molecule has 1 aliphatic rings. The van der Waals surface area contributed by atoms with Crippen LogP contribution in [0.15, 0.2) is 22.7 Å². The second-order valence-corrected chi connectivity index (χ2v) is 5.69. The van der Waals surface area contributed by atoms with Gasteiger partial charge in [-0.2, -0.15) is 0 Å². The molecule has 0 heterocycles. The third-order valence-corrected chi connectivity index (χ3v) is 4.05. The quantitative estimate of drug-likeness (QED) is 0.785. The fraction of sp³-hybridized carbons (Fsp3) is 0.500. The van der Waals surface area contributed by atoms with Crippen molar-refractivity contribution < 1.29 is 14.6 Å². The fourth-order valence-electron chi connectivity index (χ4n) is 1.94. The van der Waals surface area contributed by atoms with Gasteiger partial charge in [0.25, 0.3) is 0 Å². The third-order valence-electron chi connectivity index (χ3n) is 3.31. The molecule has 4 nitrogen and oxygen atoms in total. The lowest BCUT2D eigenvalue weighted by Crippen LogP contribution is -2.27. The van der Waals surface area contributed by atoms with Crippen molar-refractivity contribution in [2.24, 2.45) is 5.92 Å². The van der Waals surface area contributed by atoms with E-state index in [-0.39, 0.29) is 12.1 Å². The van der Waals surface area contributed by atoms with E-state index < -0.39 is 0 Å². The SMILES string of the molecule is COC(=O)c1ccc(CNCC(O)C2CC2)c(Br)c1. The van der Waals surface area contributed by atoms with E-state index in [0.717, 1.165) is 22.9 Å². The summed E-state index contributed by atoms with van der Waals surface area (Å²) in [5, 5.41) is 13.0. The van der Waals surface area contributed by atoms with Crippen LogP contribution in [0.4, 0.5) is 0 Å². The Morgan fingerprint density at radius 1 is 1.58 bits per heavy atom. The number of hydrogen-bond acceptors (Lipinski definition) is 4. The molecule has 0 aliphatic heterocycles. The van der Waals surface area contributed by atoms with Crippen molar-refractivity contribution in [1.82, 2.24) is 5.32 Å². The maximum Gasteiger partial charge on any atom is 0.337 e. The lowest BCUT2D eigenvalue weighted by Gasteiger charge is -2.12. The maximum absolute atomic E-state index is 11.4. The third kappa shape index (κ3) is 4.03. The first-order valence-corrected chi connectivity index (χ1v) is 7.16. The number of carbonyl (C=O) groups is 1. The number of ether oxygens (including phenoxy) is 1. The molecule has 0 bridgehead atoms. The molecule has 1 atom stereocenters. The molecule has 0 radical (unpaired) electrons. The second-order valence-electron chi connectivity index (χ2n) is 4.83. The van der Waals surface area contributed by atoms with Crippen LogP contribution in [0, 0.1) is 5.92 Å². The van der Waals surface area contributed by atoms with Gasteiger partial charge in [-0.05, 0) is 36.5 Å². The van der Waals surface area contributed by atoms with Crippen molar-refractivity contribution in [1.29, 1.82) is 0 Å². The van der Waals surface area contributed by atoms with Crippen LogP contribution in [-0.4, -0.2) is 30.8 Å². The molecule has 0 aromatic heterocycles. The van der Waals surface area contributed by atoms with Crippen molar-refractivity contribution in [3.8, 4) is 0 Å². The number of hydrogen-bond donors (Lipinski definition) is 2. The first kappa shape index (κ1) is 14.5. The Balaban J connectivity index is 1.87. The largest absolute Gasteiger partial charge is 0.465 e. The van der Waals surface area contributed by atoms with Gasteiger partial charge < -0.3 is 15.2 Å². The monoisotopic (exact) mass is 327 g/mol. The van der Waals surface area contributed by atoms with Crippen LogP contribution in [-0.2, 0) is 11.3 Å². The number of aliphatic hydroxyl groups is 1. The molecule has 1 aromatic carbocycles. The summed E-state index contributed by atoms with van der Waals surface area (Å²) in [6, 6.07) is 5.37. The van der Waals surface area contributed by atoms with E-state index in [1.165, 1.54) is 7.11 Å². The molecule has 1 aromatic rings. The van der Waals surface area contributed by atoms with Crippen LogP contribution in [0.25, 0.3) is 0 Å². The molecule has 1 saturated carbocycles. The first-order chi connectivity index (χ1) is 9.11. The molecule has 5 heteroatoms. The highest BCUT2D eigenvalue weighted by atomic mass is 79.9. The van der Waals surface area contributed by atoms with E-state index in [0.29, 0.717) is 24.6 Å². The minimum Gasteiger partial charge on any atom is -0.465 e. The zero-order valence-corrected chi connectivity index (χ0v) is 12.4. The van der Waals surface area contributed by atoms with Crippen LogP contribution in [0.2, 0.25) is 0 Å². The second kappa shape index (κ2) is 6.50. The Morgan fingerprint density at radius 2 is 2.32 bits per heavy atom.